The van der Waals surface area contributed by atoms with E-state index < -0.39 is 0 Å². The molecule has 4 atom stereocenters. The second-order valence-corrected chi connectivity index (χ2v) is 7.32. The first-order chi connectivity index (χ1) is 9.63. The van der Waals surface area contributed by atoms with Crippen molar-refractivity contribution >= 4 is 17.4 Å². The van der Waals surface area contributed by atoms with Crippen LogP contribution in [0.5, 0.6) is 0 Å². The van der Waals surface area contributed by atoms with Crippen LogP contribution in [-0.4, -0.2) is 11.7 Å². The summed E-state index contributed by atoms with van der Waals surface area (Å²) in [6, 6.07) is 10.9. The Hall–Kier alpha value is -0.980. The maximum atomic E-state index is 4.76. The lowest BCUT2D eigenvalue weighted by atomic mass is 9.42. The minimum Gasteiger partial charge on any atom is -0.232 e. The number of aliphatic imine (C=N–C) groups is 1. The van der Waals surface area contributed by atoms with Crippen LogP contribution in [0, 0.1) is 29.1 Å². The molecule has 0 aliphatic heterocycles. The molecule has 2 bridgehead atoms. The maximum Gasteiger partial charge on any atom is 0.0585 e. The summed E-state index contributed by atoms with van der Waals surface area (Å²) in [5.41, 5.74) is 1.99. The van der Waals surface area contributed by atoms with Crippen molar-refractivity contribution in [1.29, 1.82) is 0 Å². The highest BCUT2D eigenvalue weighted by atomic mass is 32.1. The van der Waals surface area contributed by atoms with E-state index in [1.54, 1.807) is 0 Å². The van der Waals surface area contributed by atoms with E-state index in [1.807, 2.05) is 0 Å². The zero-order chi connectivity index (χ0) is 14.2. The smallest absolute Gasteiger partial charge is 0.0585 e. The third kappa shape index (κ3) is 2.36. The predicted octanol–water partition coefficient (Wildman–Crippen LogP) is 4.63. The average molecular weight is 285 g/mol. The van der Waals surface area contributed by atoms with E-state index in [4.69, 9.17) is 12.2 Å². The Morgan fingerprint density at radius 2 is 2.00 bits per heavy atom. The van der Waals surface area contributed by atoms with Crippen molar-refractivity contribution in [3.05, 3.63) is 35.9 Å². The molecular weight excluding hydrogens is 262 g/mol. The number of benzene rings is 1. The molecule has 3 saturated carbocycles. The first-order valence-electron chi connectivity index (χ1n) is 7.70. The van der Waals surface area contributed by atoms with Crippen LogP contribution in [0.1, 0.15) is 32.3 Å². The van der Waals surface area contributed by atoms with Crippen molar-refractivity contribution in [3.8, 4) is 0 Å². The predicted molar refractivity (Wildman–Crippen MR) is 87.0 cm³/mol. The molecule has 4 rings (SSSR count). The first kappa shape index (κ1) is 14.0. The number of nitrogens with zero attached hydrogens (tertiary/aromatic N) is 1. The van der Waals surface area contributed by atoms with Crippen LogP contribution in [0.25, 0.3) is 0 Å². The van der Waals surface area contributed by atoms with Gasteiger partial charge in [-0.3, -0.25) is 0 Å². The Labute approximate surface area is 127 Å². The topological polar surface area (TPSA) is 12.4 Å². The van der Waals surface area contributed by atoms with E-state index in [0.717, 1.165) is 24.3 Å². The van der Waals surface area contributed by atoms with Gasteiger partial charge < -0.3 is 0 Å². The van der Waals surface area contributed by atoms with Crippen LogP contribution < -0.4 is 0 Å². The summed E-state index contributed by atoms with van der Waals surface area (Å²) in [7, 11) is 0. The number of thiocarbonyl (C=S) groups is 1. The van der Waals surface area contributed by atoms with Crippen LogP contribution in [0.3, 0.4) is 0 Å². The van der Waals surface area contributed by atoms with E-state index in [0.29, 0.717) is 11.3 Å². The highest BCUT2D eigenvalue weighted by Crippen LogP contribution is 2.63. The van der Waals surface area contributed by atoms with Crippen molar-refractivity contribution in [3.63, 3.8) is 0 Å². The van der Waals surface area contributed by atoms with Crippen LogP contribution in [-0.2, 0) is 6.42 Å². The Balaban J connectivity index is 1.80. The fourth-order valence-electron chi connectivity index (χ4n) is 4.61. The summed E-state index contributed by atoms with van der Waals surface area (Å²) < 4.78 is 0. The van der Waals surface area contributed by atoms with Crippen molar-refractivity contribution in [2.75, 3.05) is 6.54 Å². The normalized spacial score (nSPS) is 33.9. The zero-order valence-electron chi connectivity index (χ0n) is 12.4. The second-order valence-electron chi connectivity index (χ2n) is 7.14. The van der Waals surface area contributed by atoms with Crippen LogP contribution in [0.2, 0.25) is 0 Å². The quantitative estimate of drug-likeness (QED) is 0.580. The molecule has 3 aliphatic rings. The second kappa shape index (κ2) is 5.42. The lowest BCUT2D eigenvalue weighted by molar-refractivity contribution is -0.131. The van der Waals surface area contributed by atoms with Gasteiger partial charge in [-0.2, -0.15) is 0 Å². The fraction of sp³-hybridized carbons (Fsp3) is 0.611. The zero-order valence-corrected chi connectivity index (χ0v) is 13.2. The minimum absolute atomic E-state index is 0.525. The molecule has 0 aromatic heterocycles. The fourth-order valence-corrected chi connectivity index (χ4v) is 4.69. The Kier molecular flexibility index (Phi) is 3.79. The standard InChI is InChI=1S/C18H23NS/c1-18(2)15-9-14(11-19-12-20)16(17(18)10-15)8-13-6-4-3-5-7-13/h3-7,14-17H,8-11H2,1-2H3. The molecule has 3 fully saturated rings. The van der Waals surface area contributed by atoms with Crippen molar-refractivity contribution < 1.29 is 0 Å². The Morgan fingerprint density at radius 1 is 1.25 bits per heavy atom. The lowest BCUT2D eigenvalue weighted by Gasteiger charge is -2.62. The van der Waals surface area contributed by atoms with E-state index in [1.165, 1.54) is 24.8 Å². The molecule has 0 N–H and O–H groups in total. The van der Waals surface area contributed by atoms with E-state index in [9.17, 15) is 0 Å². The molecule has 4 unspecified atom stereocenters. The third-order valence-corrected chi connectivity index (χ3v) is 6.09. The van der Waals surface area contributed by atoms with Gasteiger partial charge in [0.15, 0.2) is 0 Å². The van der Waals surface area contributed by atoms with Gasteiger partial charge in [0.05, 0.1) is 11.7 Å². The molecule has 1 aromatic rings. The van der Waals surface area contributed by atoms with Crippen molar-refractivity contribution in [2.24, 2.45) is 34.1 Å². The van der Waals surface area contributed by atoms with Crippen LogP contribution in [0.4, 0.5) is 0 Å². The van der Waals surface area contributed by atoms with Crippen molar-refractivity contribution in [2.45, 2.75) is 33.1 Å². The first-order valence-corrected chi connectivity index (χ1v) is 8.11. The summed E-state index contributed by atoms with van der Waals surface area (Å²) >= 11 is 4.76. The summed E-state index contributed by atoms with van der Waals surface area (Å²) in [5, 5.41) is 2.56. The molecule has 20 heavy (non-hydrogen) atoms. The molecule has 1 nitrogen and oxygen atoms in total. The number of fused-ring (bicyclic) bond motifs is 2. The van der Waals surface area contributed by atoms with Crippen LogP contribution in [0.15, 0.2) is 35.3 Å². The molecule has 0 radical (unpaired) electrons. The summed E-state index contributed by atoms with van der Waals surface area (Å²) in [6.45, 7) is 5.80. The van der Waals surface area contributed by atoms with Gasteiger partial charge in [0, 0.05) is 0 Å². The van der Waals surface area contributed by atoms with E-state index in [2.05, 4.69) is 54.3 Å². The molecule has 0 spiro atoms. The molecular formula is C18H23NS. The monoisotopic (exact) mass is 285 g/mol. The average Bonchev–Trinajstić information content (AvgIpc) is 2.46. The highest BCUT2D eigenvalue weighted by Gasteiger charge is 2.57. The van der Waals surface area contributed by atoms with Gasteiger partial charge in [-0.1, -0.05) is 44.2 Å². The van der Waals surface area contributed by atoms with Gasteiger partial charge in [0.1, 0.15) is 0 Å². The number of hydrogen-bond donors (Lipinski definition) is 0. The van der Waals surface area contributed by atoms with Gasteiger partial charge >= 0.3 is 0 Å². The van der Waals surface area contributed by atoms with E-state index in [-0.39, 0.29) is 0 Å². The lowest BCUT2D eigenvalue weighted by Crippen LogP contribution is -2.56. The molecule has 0 amide bonds. The van der Waals surface area contributed by atoms with Crippen LogP contribution >= 0.6 is 12.2 Å². The van der Waals surface area contributed by atoms with Gasteiger partial charge in [0.25, 0.3) is 0 Å². The molecule has 2 heteroatoms. The SMILES string of the molecule is CC1(C)C2CC(CN=C=S)C(Cc3ccccc3)C1C2. The van der Waals surface area contributed by atoms with E-state index >= 15 is 0 Å². The Bertz CT molecular complexity index is 515. The molecule has 0 heterocycles. The summed E-state index contributed by atoms with van der Waals surface area (Å²) in [6.07, 6.45) is 3.93. The minimum atomic E-state index is 0.525. The maximum absolute atomic E-state index is 4.76. The number of rotatable bonds is 4. The van der Waals surface area contributed by atoms with Gasteiger partial charge in [-0.25, -0.2) is 4.99 Å². The largest absolute Gasteiger partial charge is 0.232 e. The Morgan fingerprint density at radius 3 is 2.65 bits per heavy atom. The molecule has 1 aromatic carbocycles. The van der Waals surface area contributed by atoms with Gasteiger partial charge in [-0.05, 0) is 66.1 Å². The summed E-state index contributed by atoms with van der Waals surface area (Å²) in [5.74, 6) is 3.20. The molecule has 3 aliphatic carbocycles. The summed E-state index contributed by atoms with van der Waals surface area (Å²) in [4.78, 5) is 4.25. The molecule has 0 saturated heterocycles. The highest BCUT2D eigenvalue weighted by molar-refractivity contribution is 7.78. The van der Waals surface area contributed by atoms with Gasteiger partial charge in [-0.15, -0.1) is 0 Å². The van der Waals surface area contributed by atoms with Gasteiger partial charge in [0.2, 0.25) is 0 Å². The third-order valence-electron chi connectivity index (χ3n) is 5.96. The number of hydrogen-bond acceptors (Lipinski definition) is 2. The van der Waals surface area contributed by atoms with Crippen molar-refractivity contribution in [1.82, 2.24) is 0 Å². The molecule has 106 valence electrons. The number of isothiocyanates is 1.